The molecule has 10 heteroatoms. The highest BCUT2D eigenvalue weighted by atomic mass is 35.5. The molecule has 0 aliphatic heterocycles. The number of sulfonamides is 1. The van der Waals surface area contributed by atoms with Gasteiger partial charge in [0, 0.05) is 28.4 Å². The van der Waals surface area contributed by atoms with Crippen molar-refractivity contribution in [1.29, 1.82) is 0 Å². The summed E-state index contributed by atoms with van der Waals surface area (Å²) < 4.78 is 41.9. The smallest absolute Gasteiger partial charge is 0.243 e. The van der Waals surface area contributed by atoms with E-state index in [1.807, 2.05) is 0 Å². The van der Waals surface area contributed by atoms with Crippen molar-refractivity contribution < 1.29 is 22.4 Å². The quantitative estimate of drug-likeness (QED) is 0.550. The highest BCUT2D eigenvalue weighted by Crippen LogP contribution is 2.59. The topological polar surface area (TPSA) is 118 Å². The number of halogens is 2. The molecular weight excluding hydrogens is 457 g/mol. The van der Waals surface area contributed by atoms with E-state index in [-0.39, 0.29) is 41.1 Å². The lowest BCUT2D eigenvalue weighted by molar-refractivity contribution is -0.147. The second-order valence-corrected chi connectivity index (χ2v) is 12.5. The van der Waals surface area contributed by atoms with Crippen LogP contribution in [0.2, 0.25) is 5.02 Å². The number of hydrogen-bond acceptors (Lipinski definition) is 4. The van der Waals surface area contributed by atoms with Crippen LogP contribution in [-0.4, -0.2) is 31.8 Å². The van der Waals surface area contributed by atoms with Crippen molar-refractivity contribution >= 4 is 33.4 Å². The fourth-order valence-corrected chi connectivity index (χ4v) is 7.98. The Morgan fingerprint density at radius 2 is 1.84 bits per heavy atom. The monoisotopic (exact) mass is 485 g/mol. The van der Waals surface area contributed by atoms with Crippen LogP contribution >= 0.6 is 11.6 Å². The van der Waals surface area contributed by atoms with Crippen LogP contribution in [-0.2, 0) is 19.6 Å². The van der Waals surface area contributed by atoms with Crippen molar-refractivity contribution in [2.24, 2.45) is 28.9 Å². The minimum absolute atomic E-state index is 0.0346. The number of nitrogens with two attached hydrogens (primary N) is 1. The maximum absolute atomic E-state index is 14.1. The van der Waals surface area contributed by atoms with E-state index in [1.54, 1.807) is 13.8 Å². The lowest BCUT2D eigenvalue weighted by Gasteiger charge is -2.58. The Bertz CT molecular complexity index is 1050. The Balaban J connectivity index is 1.41. The van der Waals surface area contributed by atoms with E-state index in [0.717, 1.165) is 31.4 Å². The summed E-state index contributed by atoms with van der Waals surface area (Å²) in [6.07, 6.45) is 4.09. The van der Waals surface area contributed by atoms with Crippen molar-refractivity contribution in [2.75, 3.05) is 0 Å². The molecule has 2 unspecified atom stereocenters. The minimum atomic E-state index is -4.19. The maximum Gasteiger partial charge on any atom is 0.243 e. The average molecular weight is 486 g/mol. The second kappa shape index (κ2) is 7.95. The normalized spacial score (nSPS) is 31.5. The third kappa shape index (κ3) is 4.39. The Labute approximate surface area is 192 Å². The van der Waals surface area contributed by atoms with Gasteiger partial charge in [-0.1, -0.05) is 11.6 Å². The molecule has 0 spiro atoms. The first kappa shape index (κ1) is 23.4. The zero-order valence-corrected chi connectivity index (χ0v) is 19.7. The summed E-state index contributed by atoms with van der Waals surface area (Å²) in [5.74, 6) is -0.569. The van der Waals surface area contributed by atoms with Crippen LogP contribution in [0.4, 0.5) is 4.39 Å². The highest BCUT2D eigenvalue weighted by Gasteiger charge is 2.58. The number of amides is 2. The van der Waals surface area contributed by atoms with Crippen LogP contribution in [0.15, 0.2) is 23.1 Å². The number of carbonyl (C=O) groups is 2. The molecule has 4 aliphatic carbocycles. The summed E-state index contributed by atoms with van der Waals surface area (Å²) in [5.41, 5.74) is 4.14. The molecule has 7 nitrogen and oxygen atoms in total. The first-order valence-corrected chi connectivity index (χ1v) is 12.7. The van der Waals surface area contributed by atoms with Gasteiger partial charge in [-0.25, -0.2) is 17.5 Å². The van der Waals surface area contributed by atoms with Gasteiger partial charge < -0.3 is 11.1 Å². The average Bonchev–Trinajstić information content (AvgIpc) is 2.62. The first-order valence-electron chi connectivity index (χ1n) is 10.9. The summed E-state index contributed by atoms with van der Waals surface area (Å²) in [6.45, 7) is 3.16. The fraction of sp³-hybridized carbons (Fsp3) is 0.636. The van der Waals surface area contributed by atoms with Gasteiger partial charge in [-0.15, -0.1) is 0 Å². The van der Waals surface area contributed by atoms with Crippen LogP contribution in [0.1, 0.15) is 52.4 Å². The molecule has 176 valence electrons. The zero-order chi connectivity index (χ0) is 23.5. The molecule has 2 amide bonds. The molecule has 2 atom stereocenters. The Hall–Kier alpha value is -1.71. The van der Waals surface area contributed by atoms with Crippen LogP contribution in [0.5, 0.6) is 0 Å². The number of carbonyl (C=O) groups excluding carboxylic acids is 2. The molecule has 0 saturated heterocycles. The Morgan fingerprint density at radius 3 is 2.41 bits per heavy atom. The SMILES string of the molecule is CC(C)(CC(=O)NC1C2CC3CC1CC(C(N)=O)(C3)C2)NS(=O)(=O)c1ccc(Cl)cc1F. The minimum Gasteiger partial charge on any atom is -0.369 e. The standard InChI is InChI=1S/C22H29ClFN3O4S/c1-21(2,27-32(30,31)17-4-3-15(23)7-16(17)24)11-18(28)26-19-13-5-12-6-14(19)10-22(8-12,9-13)20(25)29/h3-4,7,12-14,19,27H,5-6,8-11H2,1-2H3,(H2,25,29)(H,26,28). The summed E-state index contributed by atoms with van der Waals surface area (Å²) in [5, 5.41) is 3.19. The van der Waals surface area contributed by atoms with Crippen molar-refractivity contribution in [3.8, 4) is 0 Å². The molecule has 4 fully saturated rings. The molecule has 1 aromatic carbocycles. The number of benzene rings is 1. The molecule has 4 aliphatic rings. The van der Waals surface area contributed by atoms with Crippen molar-refractivity contribution in [1.82, 2.24) is 10.0 Å². The van der Waals surface area contributed by atoms with Gasteiger partial charge >= 0.3 is 0 Å². The van der Waals surface area contributed by atoms with Crippen molar-refractivity contribution in [3.63, 3.8) is 0 Å². The van der Waals surface area contributed by atoms with Crippen LogP contribution in [0.25, 0.3) is 0 Å². The molecule has 32 heavy (non-hydrogen) atoms. The third-order valence-electron chi connectivity index (χ3n) is 7.32. The van der Waals surface area contributed by atoms with Crippen molar-refractivity contribution in [3.05, 3.63) is 29.0 Å². The van der Waals surface area contributed by atoms with Gasteiger partial charge in [0.05, 0.1) is 0 Å². The number of hydrogen-bond donors (Lipinski definition) is 3. The predicted molar refractivity (Wildman–Crippen MR) is 118 cm³/mol. The van der Waals surface area contributed by atoms with E-state index in [2.05, 4.69) is 10.0 Å². The zero-order valence-electron chi connectivity index (χ0n) is 18.2. The van der Waals surface area contributed by atoms with Crippen molar-refractivity contribution in [2.45, 2.75) is 68.8 Å². The summed E-state index contributed by atoms with van der Waals surface area (Å²) in [7, 11) is -4.19. The van der Waals surface area contributed by atoms with E-state index < -0.39 is 31.7 Å². The largest absolute Gasteiger partial charge is 0.369 e. The first-order chi connectivity index (χ1) is 14.8. The Morgan fingerprint density at radius 1 is 1.22 bits per heavy atom. The molecule has 4 bridgehead atoms. The van der Waals surface area contributed by atoms with E-state index in [4.69, 9.17) is 17.3 Å². The van der Waals surface area contributed by atoms with E-state index in [9.17, 15) is 22.4 Å². The van der Waals surface area contributed by atoms with E-state index in [0.29, 0.717) is 18.8 Å². The van der Waals surface area contributed by atoms with Gasteiger partial charge in [-0.05, 0) is 81.9 Å². The lowest BCUT2D eigenvalue weighted by Crippen LogP contribution is -2.62. The highest BCUT2D eigenvalue weighted by molar-refractivity contribution is 7.89. The molecule has 5 rings (SSSR count). The molecule has 0 aromatic heterocycles. The predicted octanol–water partition coefficient (Wildman–Crippen LogP) is 2.72. The van der Waals surface area contributed by atoms with Gasteiger partial charge in [0.2, 0.25) is 21.8 Å². The fourth-order valence-electron chi connectivity index (χ4n) is 6.35. The molecule has 0 radical (unpaired) electrons. The summed E-state index contributed by atoms with van der Waals surface area (Å²) >= 11 is 5.71. The molecule has 1 aromatic rings. The number of rotatable bonds is 7. The molecule has 4 saturated carbocycles. The maximum atomic E-state index is 14.1. The van der Waals surface area contributed by atoms with Gasteiger partial charge in [0.1, 0.15) is 10.7 Å². The van der Waals surface area contributed by atoms with Gasteiger partial charge in [-0.2, -0.15) is 0 Å². The van der Waals surface area contributed by atoms with Crippen LogP contribution in [0, 0.1) is 29.0 Å². The van der Waals surface area contributed by atoms with Crippen LogP contribution < -0.4 is 15.8 Å². The number of primary amides is 1. The van der Waals surface area contributed by atoms with E-state index >= 15 is 0 Å². The summed E-state index contributed by atoms with van der Waals surface area (Å²) in [4.78, 5) is 24.4. The molecular formula is C22H29ClFN3O4S. The Kier molecular flexibility index (Phi) is 5.83. The van der Waals surface area contributed by atoms with Gasteiger partial charge in [0.25, 0.3) is 0 Å². The summed E-state index contributed by atoms with van der Waals surface area (Å²) in [6, 6.07) is 3.29. The third-order valence-corrected chi connectivity index (χ3v) is 9.29. The van der Waals surface area contributed by atoms with Gasteiger partial charge in [-0.3, -0.25) is 9.59 Å². The lowest BCUT2D eigenvalue weighted by atomic mass is 9.47. The molecule has 4 N–H and O–H groups in total. The van der Waals surface area contributed by atoms with Crippen LogP contribution in [0.3, 0.4) is 0 Å². The van der Waals surface area contributed by atoms with E-state index in [1.165, 1.54) is 6.07 Å². The molecule has 0 heterocycles. The second-order valence-electron chi connectivity index (χ2n) is 10.4. The number of nitrogens with one attached hydrogen (secondary N) is 2. The van der Waals surface area contributed by atoms with Gasteiger partial charge in [0.15, 0.2) is 0 Å².